The van der Waals surface area contributed by atoms with E-state index in [4.69, 9.17) is 4.74 Å². The highest BCUT2D eigenvalue weighted by molar-refractivity contribution is 5.80. The second-order valence-electron chi connectivity index (χ2n) is 5.37. The Morgan fingerprint density at radius 3 is 2.90 bits per heavy atom. The van der Waals surface area contributed by atoms with Gasteiger partial charge in [-0.2, -0.15) is 5.10 Å². The maximum atomic E-state index is 12.0. The molecule has 6 nitrogen and oxygen atoms in total. The number of ether oxygens (including phenoxy) is 1. The van der Waals surface area contributed by atoms with E-state index in [2.05, 4.69) is 17.3 Å². The third kappa shape index (κ3) is 3.02. The number of likely N-dealkylation sites (N-methyl/N-ethyl adjacent to an activating group) is 1. The summed E-state index contributed by atoms with van der Waals surface area (Å²) in [4.78, 5) is 13.8. The molecule has 1 aliphatic heterocycles. The van der Waals surface area contributed by atoms with E-state index in [1.165, 1.54) is 0 Å². The summed E-state index contributed by atoms with van der Waals surface area (Å²) < 4.78 is 7.27. The van der Waals surface area contributed by atoms with Crippen LogP contribution >= 0.6 is 0 Å². The van der Waals surface area contributed by atoms with Gasteiger partial charge < -0.3 is 15.0 Å². The summed E-state index contributed by atoms with van der Waals surface area (Å²) >= 11 is 0. The predicted octanol–water partition coefficient (Wildman–Crippen LogP) is 0.706. The molecule has 1 amide bonds. The largest absolute Gasteiger partial charge is 0.380 e. The molecular formula is C14H24N4O2. The van der Waals surface area contributed by atoms with Crippen LogP contribution in [0.2, 0.25) is 0 Å². The smallest absolute Gasteiger partial charge is 0.224 e. The van der Waals surface area contributed by atoms with E-state index in [1.807, 2.05) is 36.7 Å². The minimum Gasteiger partial charge on any atom is -0.380 e. The Bertz CT molecular complexity index is 460. The molecule has 112 valence electrons. The van der Waals surface area contributed by atoms with E-state index in [0.717, 1.165) is 5.69 Å². The first-order chi connectivity index (χ1) is 9.54. The predicted molar refractivity (Wildman–Crippen MR) is 76.2 cm³/mol. The van der Waals surface area contributed by atoms with Crippen molar-refractivity contribution in [1.29, 1.82) is 0 Å². The van der Waals surface area contributed by atoms with Gasteiger partial charge >= 0.3 is 0 Å². The first-order valence-corrected chi connectivity index (χ1v) is 7.12. The van der Waals surface area contributed by atoms with Gasteiger partial charge in [-0.05, 0) is 19.9 Å². The van der Waals surface area contributed by atoms with Gasteiger partial charge in [0.2, 0.25) is 5.91 Å². The first-order valence-electron chi connectivity index (χ1n) is 7.12. The molecule has 2 rings (SSSR count). The maximum Gasteiger partial charge on any atom is 0.224 e. The SMILES string of the molecule is CCOC[C@@H](C)N[C@@H]1CC(=O)N(C)[C@H]1c1ccnn1C. The van der Waals surface area contributed by atoms with Gasteiger partial charge in [-0.15, -0.1) is 0 Å². The van der Waals surface area contributed by atoms with Crippen molar-refractivity contribution < 1.29 is 9.53 Å². The lowest BCUT2D eigenvalue weighted by atomic mass is 10.0. The number of aryl methyl sites for hydroxylation is 1. The highest BCUT2D eigenvalue weighted by atomic mass is 16.5. The third-order valence-corrected chi connectivity index (χ3v) is 3.82. The molecule has 1 fully saturated rings. The number of hydrogen-bond acceptors (Lipinski definition) is 4. The van der Waals surface area contributed by atoms with Crippen molar-refractivity contribution in [3.8, 4) is 0 Å². The highest BCUT2D eigenvalue weighted by Crippen LogP contribution is 2.31. The molecule has 0 aromatic carbocycles. The summed E-state index contributed by atoms with van der Waals surface area (Å²) in [5.74, 6) is 0.164. The molecule has 2 heterocycles. The molecule has 0 unspecified atom stereocenters. The summed E-state index contributed by atoms with van der Waals surface area (Å²) in [5, 5.41) is 7.72. The van der Waals surface area contributed by atoms with Gasteiger partial charge in [-0.25, -0.2) is 0 Å². The van der Waals surface area contributed by atoms with Gasteiger partial charge in [-0.1, -0.05) is 0 Å². The zero-order valence-corrected chi connectivity index (χ0v) is 12.7. The number of aromatic nitrogens is 2. The fourth-order valence-electron chi connectivity index (χ4n) is 2.81. The van der Waals surface area contributed by atoms with Crippen molar-refractivity contribution >= 4 is 5.91 Å². The van der Waals surface area contributed by atoms with E-state index in [1.54, 1.807) is 6.20 Å². The molecule has 0 bridgehead atoms. The van der Waals surface area contributed by atoms with Crippen molar-refractivity contribution in [3.05, 3.63) is 18.0 Å². The van der Waals surface area contributed by atoms with Crippen LogP contribution in [0.1, 0.15) is 32.0 Å². The lowest BCUT2D eigenvalue weighted by Gasteiger charge is -2.28. The molecule has 20 heavy (non-hydrogen) atoms. The zero-order valence-electron chi connectivity index (χ0n) is 12.7. The minimum absolute atomic E-state index is 0.0269. The zero-order chi connectivity index (χ0) is 14.7. The summed E-state index contributed by atoms with van der Waals surface area (Å²) in [7, 11) is 3.77. The number of rotatable bonds is 6. The Morgan fingerprint density at radius 2 is 2.30 bits per heavy atom. The fourth-order valence-corrected chi connectivity index (χ4v) is 2.81. The van der Waals surface area contributed by atoms with Gasteiger partial charge in [0.15, 0.2) is 0 Å². The number of hydrogen-bond donors (Lipinski definition) is 1. The van der Waals surface area contributed by atoms with Gasteiger partial charge in [0.05, 0.1) is 18.3 Å². The van der Waals surface area contributed by atoms with Gasteiger partial charge in [0.25, 0.3) is 0 Å². The topological polar surface area (TPSA) is 59.4 Å². The molecule has 1 N–H and O–H groups in total. The summed E-state index contributed by atoms with van der Waals surface area (Å²) in [5.41, 5.74) is 1.06. The Morgan fingerprint density at radius 1 is 1.55 bits per heavy atom. The van der Waals surface area contributed by atoms with Crippen LogP contribution in [0.5, 0.6) is 0 Å². The number of nitrogens with zero attached hydrogens (tertiary/aromatic N) is 3. The van der Waals surface area contributed by atoms with Crippen molar-refractivity contribution in [1.82, 2.24) is 20.0 Å². The quantitative estimate of drug-likeness (QED) is 0.833. The molecule has 1 aromatic heterocycles. The normalized spacial score (nSPS) is 24.4. The van der Waals surface area contributed by atoms with Crippen LogP contribution in [0.4, 0.5) is 0 Å². The minimum atomic E-state index is 0.0269. The van der Waals surface area contributed by atoms with E-state index in [-0.39, 0.29) is 24.0 Å². The van der Waals surface area contributed by atoms with Crippen LogP contribution in [0, 0.1) is 0 Å². The van der Waals surface area contributed by atoms with Crippen molar-refractivity contribution in [2.45, 2.75) is 38.4 Å². The van der Waals surface area contributed by atoms with Gasteiger partial charge in [-0.3, -0.25) is 9.48 Å². The molecule has 1 aromatic rings. The average molecular weight is 280 g/mol. The third-order valence-electron chi connectivity index (χ3n) is 3.82. The molecule has 1 saturated heterocycles. The molecular weight excluding hydrogens is 256 g/mol. The fraction of sp³-hybridized carbons (Fsp3) is 0.714. The lowest BCUT2D eigenvalue weighted by Crippen LogP contribution is -2.42. The Hall–Kier alpha value is -1.40. The van der Waals surface area contributed by atoms with Crippen molar-refractivity contribution in [2.24, 2.45) is 7.05 Å². The van der Waals surface area contributed by atoms with Gasteiger partial charge in [0, 0.05) is 45.4 Å². The molecule has 0 spiro atoms. The summed E-state index contributed by atoms with van der Waals surface area (Å²) in [6, 6.07) is 2.31. The number of carbonyl (C=O) groups excluding carboxylic acids is 1. The van der Waals surface area contributed by atoms with Crippen LogP contribution < -0.4 is 5.32 Å². The standard InChI is InChI=1S/C14H24N4O2/c1-5-20-9-10(2)16-11-8-13(19)17(3)14(11)12-6-7-15-18(12)4/h6-7,10-11,14,16H,5,8-9H2,1-4H3/t10-,11-,14-/m1/s1. The Labute approximate surface area is 120 Å². The summed E-state index contributed by atoms with van der Waals surface area (Å²) in [6.45, 7) is 5.43. The van der Waals surface area contributed by atoms with E-state index in [9.17, 15) is 4.79 Å². The number of amides is 1. The lowest BCUT2D eigenvalue weighted by molar-refractivity contribution is -0.127. The number of carbonyl (C=O) groups is 1. The van der Waals surface area contributed by atoms with E-state index >= 15 is 0 Å². The second kappa shape index (κ2) is 6.37. The van der Waals surface area contributed by atoms with Crippen LogP contribution in [0.15, 0.2) is 12.3 Å². The van der Waals surface area contributed by atoms with E-state index < -0.39 is 0 Å². The Kier molecular flexibility index (Phi) is 4.77. The van der Waals surface area contributed by atoms with Crippen LogP contribution in [0.3, 0.4) is 0 Å². The molecule has 0 saturated carbocycles. The summed E-state index contributed by atoms with van der Waals surface area (Å²) in [6.07, 6.45) is 2.29. The molecule has 6 heteroatoms. The van der Waals surface area contributed by atoms with Crippen LogP contribution in [-0.4, -0.2) is 52.9 Å². The molecule has 0 aliphatic carbocycles. The highest BCUT2D eigenvalue weighted by Gasteiger charge is 2.40. The monoisotopic (exact) mass is 280 g/mol. The van der Waals surface area contributed by atoms with Crippen LogP contribution in [0.25, 0.3) is 0 Å². The maximum absolute atomic E-state index is 12.0. The molecule has 3 atom stereocenters. The number of likely N-dealkylation sites (tertiary alicyclic amines) is 1. The molecule has 1 aliphatic rings. The average Bonchev–Trinajstić information content (AvgIpc) is 2.92. The van der Waals surface area contributed by atoms with Gasteiger partial charge in [0.1, 0.15) is 0 Å². The van der Waals surface area contributed by atoms with Crippen molar-refractivity contribution in [2.75, 3.05) is 20.3 Å². The second-order valence-corrected chi connectivity index (χ2v) is 5.37. The Balaban J connectivity index is 2.10. The molecule has 0 radical (unpaired) electrons. The number of nitrogens with one attached hydrogen (secondary N) is 1. The van der Waals surface area contributed by atoms with Crippen LogP contribution in [-0.2, 0) is 16.6 Å². The van der Waals surface area contributed by atoms with Crippen molar-refractivity contribution in [3.63, 3.8) is 0 Å². The van der Waals surface area contributed by atoms with E-state index in [0.29, 0.717) is 19.6 Å². The first kappa shape index (κ1) is 15.0.